The van der Waals surface area contributed by atoms with Crippen molar-refractivity contribution in [2.24, 2.45) is 0 Å². The van der Waals surface area contributed by atoms with Gasteiger partial charge in [0.25, 0.3) is 5.91 Å². The second kappa shape index (κ2) is 5.88. The van der Waals surface area contributed by atoms with E-state index in [0.29, 0.717) is 24.6 Å². The topological polar surface area (TPSA) is 55.3 Å². The van der Waals surface area contributed by atoms with E-state index in [9.17, 15) is 4.79 Å². The van der Waals surface area contributed by atoms with Crippen molar-refractivity contribution < 1.29 is 9.53 Å². The lowest BCUT2D eigenvalue weighted by atomic mass is 10.2. The minimum absolute atomic E-state index is 0.0334. The minimum Gasteiger partial charge on any atom is -0.374 e. The number of aryl methyl sites for hydroxylation is 1. The first-order valence-corrected chi connectivity index (χ1v) is 7.43. The standard InChI is InChI=1S/C10H14BrN3O2S/c1-2-8-9(17-13-12-8)10(15)14-3-4-16-7(5-11)6-14/h7H,2-6H2,1H3. The van der Waals surface area contributed by atoms with Gasteiger partial charge in [-0.15, -0.1) is 5.10 Å². The van der Waals surface area contributed by atoms with E-state index in [4.69, 9.17) is 4.74 Å². The second-order valence-corrected chi connectivity index (χ2v) is 5.20. The quantitative estimate of drug-likeness (QED) is 0.789. The maximum atomic E-state index is 12.3. The van der Waals surface area contributed by atoms with Crippen LogP contribution in [0.5, 0.6) is 0 Å². The molecule has 1 amide bonds. The van der Waals surface area contributed by atoms with Gasteiger partial charge < -0.3 is 9.64 Å². The average molecular weight is 320 g/mol. The Kier molecular flexibility index (Phi) is 4.47. The first kappa shape index (κ1) is 12.9. The summed E-state index contributed by atoms with van der Waals surface area (Å²) < 4.78 is 9.36. The predicted octanol–water partition coefficient (Wildman–Crippen LogP) is 1.34. The third-order valence-corrected chi connectivity index (χ3v) is 4.16. The van der Waals surface area contributed by atoms with E-state index in [0.717, 1.165) is 17.4 Å². The molecule has 2 rings (SSSR count). The van der Waals surface area contributed by atoms with Gasteiger partial charge in [-0.2, -0.15) is 0 Å². The number of alkyl halides is 1. The van der Waals surface area contributed by atoms with Crippen molar-refractivity contribution in [2.45, 2.75) is 19.4 Å². The summed E-state index contributed by atoms with van der Waals surface area (Å²) in [7, 11) is 0. The van der Waals surface area contributed by atoms with E-state index in [1.165, 1.54) is 11.5 Å². The molecule has 0 radical (unpaired) electrons. The molecule has 0 spiro atoms. The van der Waals surface area contributed by atoms with Crippen molar-refractivity contribution in [3.8, 4) is 0 Å². The molecule has 0 aliphatic carbocycles. The Hall–Kier alpha value is -0.530. The molecule has 94 valence electrons. The number of aromatic nitrogens is 2. The Balaban J connectivity index is 2.09. The lowest BCUT2D eigenvalue weighted by Gasteiger charge is -2.31. The van der Waals surface area contributed by atoms with Gasteiger partial charge in [0.15, 0.2) is 0 Å². The van der Waals surface area contributed by atoms with Crippen LogP contribution >= 0.6 is 27.5 Å². The molecule has 1 fully saturated rings. The van der Waals surface area contributed by atoms with Crippen molar-refractivity contribution in [1.82, 2.24) is 14.5 Å². The Morgan fingerprint density at radius 2 is 2.53 bits per heavy atom. The third kappa shape index (κ3) is 2.83. The van der Waals surface area contributed by atoms with Gasteiger partial charge in [-0.05, 0) is 18.0 Å². The zero-order valence-corrected chi connectivity index (χ0v) is 12.0. The molecule has 1 aromatic rings. The highest BCUT2D eigenvalue weighted by atomic mass is 79.9. The number of morpholine rings is 1. The zero-order valence-electron chi connectivity index (χ0n) is 9.56. The first-order chi connectivity index (χ1) is 8.26. The van der Waals surface area contributed by atoms with Gasteiger partial charge in [-0.3, -0.25) is 4.79 Å². The molecule has 5 nitrogen and oxygen atoms in total. The molecular weight excluding hydrogens is 306 g/mol. The summed E-state index contributed by atoms with van der Waals surface area (Å²) in [6.45, 7) is 3.85. The van der Waals surface area contributed by atoms with Crippen LogP contribution in [0.1, 0.15) is 22.3 Å². The summed E-state index contributed by atoms with van der Waals surface area (Å²) in [6, 6.07) is 0. The molecule has 1 atom stereocenters. The number of ether oxygens (including phenoxy) is 1. The number of halogens is 1. The average Bonchev–Trinajstić information content (AvgIpc) is 2.86. The maximum absolute atomic E-state index is 12.3. The van der Waals surface area contributed by atoms with Crippen LogP contribution in [0.2, 0.25) is 0 Å². The van der Waals surface area contributed by atoms with Gasteiger partial charge >= 0.3 is 0 Å². The monoisotopic (exact) mass is 319 g/mol. The van der Waals surface area contributed by atoms with Gasteiger partial charge in [0, 0.05) is 18.4 Å². The van der Waals surface area contributed by atoms with Crippen molar-refractivity contribution in [2.75, 3.05) is 25.0 Å². The highest BCUT2D eigenvalue weighted by molar-refractivity contribution is 9.09. The van der Waals surface area contributed by atoms with Crippen molar-refractivity contribution >= 4 is 33.4 Å². The highest BCUT2D eigenvalue weighted by Gasteiger charge is 2.27. The molecule has 0 saturated carbocycles. The maximum Gasteiger partial charge on any atom is 0.267 e. The third-order valence-electron chi connectivity index (χ3n) is 2.68. The van der Waals surface area contributed by atoms with Crippen molar-refractivity contribution in [3.63, 3.8) is 0 Å². The second-order valence-electron chi connectivity index (χ2n) is 3.80. The minimum atomic E-state index is 0.0334. The van der Waals surface area contributed by atoms with Gasteiger partial charge in [-0.25, -0.2) is 0 Å². The van der Waals surface area contributed by atoms with E-state index >= 15 is 0 Å². The van der Waals surface area contributed by atoms with Gasteiger partial charge in [0.05, 0.1) is 18.4 Å². The van der Waals surface area contributed by atoms with E-state index in [2.05, 4.69) is 25.5 Å². The predicted molar refractivity (Wildman–Crippen MR) is 68.7 cm³/mol. The SMILES string of the molecule is CCc1nnsc1C(=O)N1CCOC(CBr)C1. The van der Waals surface area contributed by atoms with Crippen LogP contribution in [0.4, 0.5) is 0 Å². The fourth-order valence-corrected chi connectivity index (χ4v) is 2.85. The van der Waals surface area contributed by atoms with Crippen LogP contribution in [0, 0.1) is 0 Å². The molecule has 7 heteroatoms. The number of carbonyl (C=O) groups excluding carboxylic acids is 1. The molecular formula is C10H14BrN3O2S. The van der Waals surface area contributed by atoms with Crippen LogP contribution in [0.15, 0.2) is 0 Å². The Morgan fingerprint density at radius 3 is 3.24 bits per heavy atom. The van der Waals surface area contributed by atoms with Crippen LogP contribution in [-0.2, 0) is 11.2 Å². The normalized spacial score (nSPS) is 20.6. The molecule has 1 unspecified atom stereocenters. The molecule has 0 aromatic carbocycles. The van der Waals surface area contributed by atoms with Gasteiger partial charge in [0.1, 0.15) is 4.88 Å². The summed E-state index contributed by atoms with van der Waals surface area (Å²) in [5.41, 5.74) is 0.793. The Bertz CT molecular complexity index is 399. The zero-order chi connectivity index (χ0) is 12.3. The molecule has 2 heterocycles. The Labute approximate surface area is 112 Å². The van der Waals surface area contributed by atoms with Crippen LogP contribution in [-0.4, -0.2) is 51.5 Å². The molecule has 1 aromatic heterocycles. The molecule has 17 heavy (non-hydrogen) atoms. The number of rotatable bonds is 3. The summed E-state index contributed by atoms with van der Waals surface area (Å²) in [5, 5.41) is 4.72. The van der Waals surface area contributed by atoms with Gasteiger partial charge in [0.2, 0.25) is 0 Å². The summed E-state index contributed by atoms with van der Waals surface area (Å²) in [5.74, 6) is 0.0334. The number of nitrogens with zero attached hydrogens (tertiary/aromatic N) is 3. The van der Waals surface area contributed by atoms with Crippen LogP contribution < -0.4 is 0 Å². The molecule has 1 saturated heterocycles. The first-order valence-electron chi connectivity index (χ1n) is 5.54. The number of carbonyl (C=O) groups is 1. The molecule has 1 aliphatic heterocycles. The lowest BCUT2D eigenvalue weighted by Crippen LogP contribution is -2.46. The fourth-order valence-electron chi connectivity index (χ4n) is 1.74. The highest BCUT2D eigenvalue weighted by Crippen LogP contribution is 2.17. The van der Waals surface area contributed by atoms with Crippen LogP contribution in [0.25, 0.3) is 0 Å². The fraction of sp³-hybridized carbons (Fsp3) is 0.700. The summed E-state index contributed by atoms with van der Waals surface area (Å²) in [6.07, 6.45) is 0.822. The van der Waals surface area contributed by atoms with Gasteiger partial charge in [-0.1, -0.05) is 27.3 Å². The summed E-state index contributed by atoms with van der Waals surface area (Å²) in [4.78, 5) is 14.8. The molecule has 1 aliphatic rings. The number of hydrogen-bond acceptors (Lipinski definition) is 5. The molecule has 0 bridgehead atoms. The number of amides is 1. The van der Waals surface area contributed by atoms with E-state index in [1.54, 1.807) is 0 Å². The van der Waals surface area contributed by atoms with E-state index < -0.39 is 0 Å². The van der Waals surface area contributed by atoms with Crippen LogP contribution in [0.3, 0.4) is 0 Å². The summed E-state index contributed by atoms with van der Waals surface area (Å²) >= 11 is 4.56. The molecule has 0 N–H and O–H groups in total. The largest absolute Gasteiger partial charge is 0.374 e. The smallest absolute Gasteiger partial charge is 0.267 e. The lowest BCUT2D eigenvalue weighted by molar-refractivity contribution is -0.00950. The van der Waals surface area contributed by atoms with Crippen molar-refractivity contribution in [1.29, 1.82) is 0 Å². The van der Waals surface area contributed by atoms with E-state index in [-0.39, 0.29) is 12.0 Å². The van der Waals surface area contributed by atoms with Crippen molar-refractivity contribution in [3.05, 3.63) is 10.6 Å². The Morgan fingerprint density at radius 1 is 1.71 bits per heavy atom. The number of hydrogen-bond donors (Lipinski definition) is 0. The van der Waals surface area contributed by atoms with E-state index in [1.807, 2.05) is 11.8 Å².